The average molecular weight is 446 g/mol. The summed E-state index contributed by atoms with van der Waals surface area (Å²) in [6.45, 7) is 6.78. The van der Waals surface area contributed by atoms with E-state index in [-0.39, 0.29) is 17.9 Å². The Morgan fingerprint density at radius 2 is 1.61 bits per heavy atom. The van der Waals surface area contributed by atoms with Gasteiger partial charge in [-0.25, -0.2) is 4.68 Å². The Labute approximate surface area is 192 Å². The molecule has 0 spiro atoms. The highest BCUT2D eigenvalue weighted by molar-refractivity contribution is 5.95. The Morgan fingerprint density at radius 3 is 2.30 bits per heavy atom. The Balaban J connectivity index is 1.23. The highest BCUT2D eigenvalue weighted by Gasteiger charge is 2.32. The molecule has 0 saturated carbocycles. The van der Waals surface area contributed by atoms with Gasteiger partial charge < -0.3 is 14.5 Å². The minimum atomic E-state index is -0.156. The molecule has 170 valence electrons. The second kappa shape index (κ2) is 8.78. The number of aromatic nitrogens is 3. The largest absolute Gasteiger partial charge is 0.365 e. The van der Waals surface area contributed by atoms with Gasteiger partial charge in [-0.2, -0.15) is 0 Å². The minimum Gasteiger partial charge on any atom is -0.365 e. The molecule has 8 nitrogen and oxygen atoms in total. The van der Waals surface area contributed by atoms with E-state index in [9.17, 15) is 9.59 Å². The molecular formula is C25H27N5O3. The quantitative estimate of drug-likeness (QED) is 0.619. The van der Waals surface area contributed by atoms with Crippen LogP contribution in [0.1, 0.15) is 49.3 Å². The van der Waals surface area contributed by atoms with E-state index in [1.807, 2.05) is 67.3 Å². The van der Waals surface area contributed by atoms with Crippen LogP contribution in [0.2, 0.25) is 0 Å². The van der Waals surface area contributed by atoms with E-state index in [4.69, 9.17) is 4.74 Å². The van der Waals surface area contributed by atoms with Crippen LogP contribution >= 0.6 is 0 Å². The number of benzene rings is 2. The number of fused-ring (bicyclic) bond motifs is 1. The molecule has 1 fully saturated rings. The number of nitrogens with zero attached hydrogens (tertiary/aromatic N) is 5. The lowest BCUT2D eigenvalue weighted by molar-refractivity contribution is -0.00202. The van der Waals surface area contributed by atoms with Crippen LogP contribution < -0.4 is 0 Å². The summed E-state index contributed by atoms with van der Waals surface area (Å²) in [7, 11) is 0. The van der Waals surface area contributed by atoms with Gasteiger partial charge in [0.15, 0.2) is 5.69 Å². The molecule has 0 unspecified atom stereocenters. The summed E-state index contributed by atoms with van der Waals surface area (Å²) in [4.78, 5) is 29.6. The molecule has 0 aliphatic carbocycles. The topological polar surface area (TPSA) is 80.6 Å². The fraction of sp³-hybridized carbons (Fsp3) is 0.360. The van der Waals surface area contributed by atoms with Crippen molar-refractivity contribution in [1.82, 2.24) is 24.8 Å². The van der Waals surface area contributed by atoms with Crippen molar-refractivity contribution in [1.29, 1.82) is 0 Å². The minimum absolute atomic E-state index is 0.00610. The number of hydrogen-bond donors (Lipinski definition) is 0. The molecular weight excluding hydrogens is 418 g/mol. The van der Waals surface area contributed by atoms with E-state index in [0.717, 1.165) is 16.7 Å². The molecule has 1 atom stereocenters. The van der Waals surface area contributed by atoms with Gasteiger partial charge in [0.25, 0.3) is 11.8 Å². The van der Waals surface area contributed by atoms with Gasteiger partial charge in [0.05, 0.1) is 18.8 Å². The predicted molar refractivity (Wildman–Crippen MR) is 122 cm³/mol. The van der Waals surface area contributed by atoms with Gasteiger partial charge >= 0.3 is 0 Å². The van der Waals surface area contributed by atoms with Crippen LogP contribution in [0, 0.1) is 13.8 Å². The van der Waals surface area contributed by atoms with E-state index >= 15 is 0 Å². The van der Waals surface area contributed by atoms with E-state index in [0.29, 0.717) is 56.3 Å². The summed E-state index contributed by atoms with van der Waals surface area (Å²) in [5, 5.41) is 8.40. The highest BCUT2D eigenvalue weighted by Crippen LogP contribution is 2.27. The molecule has 2 aliphatic heterocycles. The molecule has 33 heavy (non-hydrogen) atoms. The van der Waals surface area contributed by atoms with Crippen molar-refractivity contribution in [3.8, 4) is 0 Å². The van der Waals surface area contributed by atoms with Crippen LogP contribution in [-0.2, 0) is 17.9 Å². The van der Waals surface area contributed by atoms with Gasteiger partial charge in [0, 0.05) is 31.7 Å². The molecule has 2 aromatic carbocycles. The number of rotatable bonds is 3. The van der Waals surface area contributed by atoms with E-state index in [1.165, 1.54) is 0 Å². The molecule has 2 amide bonds. The van der Waals surface area contributed by atoms with Crippen LogP contribution in [-0.4, -0.2) is 62.8 Å². The van der Waals surface area contributed by atoms with Crippen molar-refractivity contribution >= 4 is 11.8 Å². The zero-order chi connectivity index (χ0) is 22.9. The summed E-state index contributed by atoms with van der Waals surface area (Å²) < 4.78 is 7.79. The van der Waals surface area contributed by atoms with Crippen LogP contribution in [0.25, 0.3) is 0 Å². The fourth-order valence-electron chi connectivity index (χ4n) is 4.37. The van der Waals surface area contributed by atoms with E-state index < -0.39 is 0 Å². The molecule has 8 heteroatoms. The lowest BCUT2D eigenvalue weighted by Crippen LogP contribution is -2.50. The Bertz CT molecular complexity index is 1180. The molecule has 0 N–H and O–H groups in total. The third-order valence-electron chi connectivity index (χ3n) is 6.58. The molecule has 1 saturated heterocycles. The van der Waals surface area contributed by atoms with Crippen molar-refractivity contribution in [2.75, 3.05) is 26.2 Å². The summed E-state index contributed by atoms with van der Waals surface area (Å²) in [5.41, 5.74) is 5.09. The maximum Gasteiger partial charge on any atom is 0.276 e. The third kappa shape index (κ3) is 4.14. The number of amides is 2. The molecule has 1 aromatic heterocycles. The molecule has 5 rings (SSSR count). The maximum atomic E-state index is 13.2. The SMILES string of the molecule is Cc1ccc(C(=O)N2CCN(C(=O)c3nnn4c3CO[C@H](c3ccccc3)C4)CC2)cc1C. The smallest absolute Gasteiger partial charge is 0.276 e. The first-order valence-corrected chi connectivity index (χ1v) is 11.3. The zero-order valence-corrected chi connectivity index (χ0v) is 18.9. The average Bonchev–Trinajstić information content (AvgIpc) is 3.29. The predicted octanol–water partition coefficient (Wildman–Crippen LogP) is 2.76. The summed E-state index contributed by atoms with van der Waals surface area (Å²) in [6, 6.07) is 15.8. The number of carbonyl (C=O) groups is 2. The molecule has 0 bridgehead atoms. The number of ether oxygens (including phenoxy) is 1. The van der Waals surface area contributed by atoms with Gasteiger partial charge in [-0.05, 0) is 42.7 Å². The van der Waals surface area contributed by atoms with Crippen molar-refractivity contribution in [3.63, 3.8) is 0 Å². The van der Waals surface area contributed by atoms with Crippen molar-refractivity contribution in [3.05, 3.63) is 82.2 Å². The van der Waals surface area contributed by atoms with E-state index in [2.05, 4.69) is 10.3 Å². The Hall–Kier alpha value is -3.52. The van der Waals surface area contributed by atoms with Crippen molar-refractivity contribution in [2.45, 2.75) is 33.1 Å². The van der Waals surface area contributed by atoms with Crippen molar-refractivity contribution < 1.29 is 14.3 Å². The second-order valence-electron chi connectivity index (χ2n) is 8.66. The fourth-order valence-corrected chi connectivity index (χ4v) is 4.37. The van der Waals surface area contributed by atoms with Gasteiger partial charge in [0.1, 0.15) is 6.10 Å². The first-order valence-electron chi connectivity index (χ1n) is 11.3. The molecule has 0 radical (unpaired) electrons. The van der Waals surface area contributed by atoms with Crippen LogP contribution in [0.15, 0.2) is 48.5 Å². The number of carbonyl (C=O) groups excluding carboxylic acids is 2. The van der Waals surface area contributed by atoms with Gasteiger partial charge in [-0.3, -0.25) is 9.59 Å². The first-order chi connectivity index (χ1) is 16.0. The van der Waals surface area contributed by atoms with Gasteiger partial charge in [-0.15, -0.1) is 5.10 Å². The zero-order valence-electron chi connectivity index (χ0n) is 18.9. The maximum absolute atomic E-state index is 13.2. The Kier molecular flexibility index (Phi) is 5.68. The van der Waals surface area contributed by atoms with E-state index in [1.54, 1.807) is 9.58 Å². The molecule has 3 heterocycles. The van der Waals surface area contributed by atoms with Crippen LogP contribution in [0.3, 0.4) is 0 Å². The lowest BCUT2D eigenvalue weighted by Gasteiger charge is -2.34. The van der Waals surface area contributed by atoms with Crippen LogP contribution in [0.4, 0.5) is 0 Å². The second-order valence-corrected chi connectivity index (χ2v) is 8.66. The molecule has 3 aromatic rings. The highest BCUT2D eigenvalue weighted by atomic mass is 16.5. The normalized spacial score (nSPS) is 18.2. The van der Waals surface area contributed by atoms with Crippen molar-refractivity contribution in [2.24, 2.45) is 0 Å². The summed E-state index contributed by atoms with van der Waals surface area (Å²) >= 11 is 0. The monoisotopic (exact) mass is 445 g/mol. The lowest BCUT2D eigenvalue weighted by atomic mass is 10.1. The molecule has 2 aliphatic rings. The number of piperazine rings is 1. The number of hydrogen-bond acceptors (Lipinski definition) is 5. The first kappa shape index (κ1) is 21.3. The van der Waals surface area contributed by atoms with Crippen LogP contribution in [0.5, 0.6) is 0 Å². The summed E-state index contributed by atoms with van der Waals surface area (Å²) in [6.07, 6.45) is -0.108. The summed E-state index contributed by atoms with van der Waals surface area (Å²) in [5.74, 6) is -0.150. The number of aryl methyl sites for hydroxylation is 2. The Morgan fingerprint density at radius 1 is 0.909 bits per heavy atom. The third-order valence-corrected chi connectivity index (χ3v) is 6.58. The van der Waals surface area contributed by atoms with Gasteiger partial charge in [-0.1, -0.05) is 41.6 Å². The standard InChI is InChI=1S/C25H27N5O3/c1-17-8-9-20(14-18(17)2)24(31)28-10-12-29(13-11-28)25(32)23-21-16-33-22(15-30(21)27-26-23)19-6-4-3-5-7-19/h3-9,14,22H,10-13,15-16H2,1-2H3/t22-/m0/s1. The van der Waals surface area contributed by atoms with Gasteiger partial charge in [0.2, 0.25) is 0 Å².